The minimum Gasteiger partial charge on any atom is -0.493 e. The zero-order valence-electron chi connectivity index (χ0n) is 17.4. The Labute approximate surface area is 181 Å². The van der Waals surface area contributed by atoms with Crippen LogP contribution >= 0.6 is 0 Å². The number of fused-ring (bicyclic) bond motifs is 1. The van der Waals surface area contributed by atoms with Crippen LogP contribution < -0.4 is 10.1 Å². The number of aliphatic hydroxyl groups excluding tert-OH is 1. The van der Waals surface area contributed by atoms with Crippen molar-refractivity contribution in [1.82, 2.24) is 19.7 Å². The van der Waals surface area contributed by atoms with Gasteiger partial charge >= 0.3 is 0 Å². The van der Waals surface area contributed by atoms with Crippen LogP contribution in [0.25, 0.3) is 16.7 Å². The topological polar surface area (TPSA) is 119 Å². The van der Waals surface area contributed by atoms with Crippen molar-refractivity contribution >= 4 is 26.7 Å². The Kier molecular flexibility index (Phi) is 6.38. The number of sulfone groups is 1. The zero-order valence-corrected chi connectivity index (χ0v) is 18.3. The molecule has 0 aliphatic heterocycles. The fourth-order valence-corrected chi connectivity index (χ4v) is 4.42. The van der Waals surface area contributed by atoms with Crippen molar-refractivity contribution in [2.75, 3.05) is 23.9 Å². The number of hydrogen-bond donors (Lipinski definition) is 2. The summed E-state index contributed by atoms with van der Waals surface area (Å²) in [6.45, 7) is 0.315. The average Bonchev–Trinajstić information content (AvgIpc) is 3.17. The molecule has 1 aromatic carbocycles. The number of nitrogens with zero attached hydrogens (tertiary/aromatic N) is 4. The van der Waals surface area contributed by atoms with E-state index in [9.17, 15) is 13.5 Å². The molecule has 0 bridgehead atoms. The van der Waals surface area contributed by atoms with Crippen molar-refractivity contribution in [2.45, 2.75) is 44.2 Å². The van der Waals surface area contributed by atoms with Gasteiger partial charge in [0.15, 0.2) is 5.82 Å². The average molecular weight is 446 g/mol. The fourth-order valence-electron chi connectivity index (χ4n) is 3.78. The minimum absolute atomic E-state index is 0.0961. The van der Waals surface area contributed by atoms with Gasteiger partial charge in [-0.05, 0) is 44.2 Å². The van der Waals surface area contributed by atoms with E-state index < -0.39 is 9.84 Å². The molecule has 2 heterocycles. The summed E-state index contributed by atoms with van der Waals surface area (Å²) in [5, 5.41) is 18.4. The minimum atomic E-state index is -3.00. The number of nitrogens with one attached hydrogen (secondary N) is 1. The molecule has 1 aliphatic carbocycles. The molecule has 2 N–H and O–H groups in total. The molecule has 0 spiro atoms. The number of aromatic nitrogens is 4. The Hall–Kier alpha value is -2.72. The van der Waals surface area contributed by atoms with Crippen LogP contribution in [0.5, 0.6) is 5.75 Å². The molecule has 2 aromatic heterocycles. The molecular formula is C21H27N5O4S. The third-order valence-corrected chi connectivity index (χ3v) is 6.41. The second-order valence-corrected chi connectivity index (χ2v) is 10.2. The molecule has 1 aliphatic rings. The molecule has 0 radical (unpaired) electrons. The van der Waals surface area contributed by atoms with Crippen LogP contribution in [0.15, 0.2) is 36.7 Å². The van der Waals surface area contributed by atoms with Crippen LogP contribution in [-0.4, -0.2) is 64.0 Å². The van der Waals surface area contributed by atoms with Crippen molar-refractivity contribution in [3.05, 3.63) is 36.7 Å². The molecule has 0 saturated heterocycles. The predicted octanol–water partition coefficient (Wildman–Crippen LogP) is 2.34. The maximum absolute atomic E-state index is 11.3. The van der Waals surface area contributed by atoms with Crippen molar-refractivity contribution in [1.29, 1.82) is 0 Å². The molecule has 0 amide bonds. The Morgan fingerprint density at radius 1 is 1.23 bits per heavy atom. The van der Waals surface area contributed by atoms with Crippen LogP contribution in [-0.2, 0) is 9.84 Å². The van der Waals surface area contributed by atoms with Gasteiger partial charge in [0.1, 0.15) is 15.6 Å². The molecule has 1 fully saturated rings. The van der Waals surface area contributed by atoms with E-state index in [4.69, 9.17) is 4.74 Å². The summed E-state index contributed by atoms with van der Waals surface area (Å²) in [6.07, 6.45) is 8.22. The van der Waals surface area contributed by atoms with E-state index in [0.29, 0.717) is 30.5 Å². The Morgan fingerprint density at radius 3 is 2.81 bits per heavy atom. The van der Waals surface area contributed by atoms with Gasteiger partial charge in [-0.1, -0.05) is 6.07 Å². The highest BCUT2D eigenvalue weighted by Gasteiger charge is 2.20. The van der Waals surface area contributed by atoms with Gasteiger partial charge in [-0.2, -0.15) is 10.1 Å². The molecule has 1 saturated carbocycles. The Bertz CT molecular complexity index is 1140. The highest BCUT2D eigenvalue weighted by Crippen LogP contribution is 2.27. The van der Waals surface area contributed by atoms with Crippen molar-refractivity contribution < 1.29 is 18.3 Å². The first-order valence-electron chi connectivity index (χ1n) is 10.4. The second-order valence-electron chi connectivity index (χ2n) is 7.97. The summed E-state index contributed by atoms with van der Waals surface area (Å²) in [4.78, 5) is 8.95. The van der Waals surface area contributed by atoms with Crippen LogP contribution in [0.1, 0.15) is 32.1 Å². The lowest BCUT2D eigenvalue weighted by atomic mass is 9.93. The number of ether oxygens (including phenoxy) is 1. The van der Waals surface area contributed by atoms with Crippen molar-refractivity contribution in [2.24, 2.45) is 0 Å². The molecular weight excluding hydrogens is 418 g/mol. The molecule has 9 nitrogen and oxygen atoms in total. The maximum atomic E-state index is 11.3. The van der Waals surface area contributed by atoms with Crippen molar-refractivity contribution in [3.63, 3.8) is 0 Å². The first kappa shape index (κ1) is 21.5. The zero-order chi connectivity index (χ0) is 21.8. The Balaban J connectivity index is 1.50. The lowest BCUT2D eigenvalue weighted by Gasteiger charge is -2.26. The van der Waals surface area contributed by atoms with E-state index in [2.05, 4.69) is 20.4 Å². The van der Waals surface area contributed by atoms with E-state index in [-0.39, 0.29) is 17.9 Å². The summed E-state index contributed by atoms with van der Waals surface area (Å²) < 4.78 is 30.1. The number of rotatable bonds is 8. The SMILES string of the molecule is CS(=O)(=O)CCCOc1cccc2c1cnn2-c1ccnc(NC2CCC(O)CC2)n1. The number of aliphatic hydroxyl groups is 1. The largest absolute Gasteiger partial charge is 0.493 e. The predicted molar refractivity (Wildman–Crippen MR) is 118 cm³/mol. The summed E-state index contributed by atoms with van der Waals surface area (Å²) in [5.74, 6) is 1.93. The normalized spacial score (nSPS) is 19.4. The summed E-state index contributed by atoms with van der Waals surface area (Å²) in [7, 11) is -3.00. The van der Waals surface area contributed by atoms with Crippen molar-refractivity contribution in [3.8, 4) is 11.6 Å². The molecule has 166 valence electrons. The van der Waals surface area contributed by atoms with Gasteiger partial charge in [-0.15, -0.1) is 0 Å². The van der Waals surface area contributed by atoms with Gasteiger partial charge < -0.3 is 15.2 Å². The van der Waals surface area contributed by atoms with Gasteiger partial charge in [-0.3, -0.25) is 0 Å². The fraction of sp³-hybridized carbons (Fsp3) is 0.476. The molecule has 3 aromatic rings. The Morgan fingerprint density at radius 2 is 2.03 bits per heavy atom. The summed E-state index contributed by atoms with van der Waals surface area (Å²) >= 11 is 0. The highest BCUT2D eigenvalue weighted by molar-refractivity contribution is 7.90. The van der Waals surface area contributed by atoms with Crippen LogP contribution in [0.3, 0.4) is 0 Å². The summed E-state index contributed by atoms with van der Waals surface area (Å²) in [5.41, 5.74) is 0.839. The highest BCUT2D eigenvalue weighted by atomic mass is 32.2. The molecule has 31 heavy (non-hydrogen) atoms. The second kappa shape index (κ2) is 9.19. The lowest BCUT2D eigenvalue weighted by Crippen LogP contribution is -2.29. The molecule has 10 heteroatoms. The van der Waals surface area contributed by atoms with Crippen LogP contribution in [0, 0.1) is 0 Å². The van der Waals surface area contributed by atoms with E-state index in [1.54, 1.807) is 23.1 Å². The van der Waals surface area contributed by atoms with Crippen LogP contribution in [0.2, 0.25) is 0 Å². The van der Waals surface area contributed by atoms with Gasteiger partial charge in [0.25, 0.3) is 0 Å². The maximum Gasteiger partial charge on any atom is 0.224 e. The first-order chi connectivity index (χ1) is 14.9. The van der Waals surface area contributed by atoms with Gasteiger partial charge in [0.2, 0.25) is 5.95 Å². The van der Waals surface area contributed by atoms with Gasteiger partial charge in [-0.25, -0.2) is 18.1 Å². The van der Waals surface area contributed by atoms with E-state index in [0.717, 1.165) is 36.6 Å². The third kappa shape index (κ3) is 5.50. The smallest absolute Gasteiger partial charge is 0.224 e. The van der Waals surface area contributed by atoms with Gasteiger partial charge in [0.05, 0.1) is 35.6 Å². The molecule has 0 atom stereocenters. The number of anilines is 1. The quantitative estimate of drug-likeness (QED) is 0.507. The lowest BCUT2D eigenvalue weighted by molar-refractivity contribution is 0.126. The van der Waals surface area contributed by atoms with E-state index >= 15 is 0 Å². The van der Waals surface area contributed by atoms with E-state index in [1.165, 1.54) is 6.26 Å². The van der Waals surface area contributed by atoms with Gasteiger partial charge in [0, 0.05) is 24.6 Å². The first-order valence-corrected chi connectivity index (χ1v) is 12.5. The van der Waals surface area contributed by atoms with E-state index in [1.807, 2.05) is 18.2 Å². The third-order valence-electron chi connectivity index (χ3n) is 5.38. The monoisotopic (exact) mass is 445 g/mol. The summed E-state index contributed by atoms with van der Waals surface area (Å²) in [6, 6.07) is 7.70. The standard InChI is InChI=1S/C21H27N5O4S/c1-31(28,29)13-3-12-30-19-5-2-4-18-17(19)14-23-26(18)20-10-11-22-21(25-20)24-15-6-8-16(27)9-7-15/h2,4-5,10-11,14-16,27H,3,6-9,12-13H2,1H3,(H,22,24,25). The molecule has 4 rings (SSSR count). The number of hydrogen-bond acceptors (Lipinski definition) is 8. The van der Waals surface area contributed by atoms with Crippen LogP contribution in [0.4, 0.5) is 5.95 Å². The number of benzene rings is 1. The molecule has 0 unspecified atom stereocenters.